The fraction of sp³-hybridized carbons (Fsp3) is 0.143. The lowest BCUT2D eigenvalue weighted by Crippen LogP contribution is -2.16. The smallest absolute Gasteiger partial charge is 0.150 e. The Morgan fingerprint density at radius 2 is 2.22 bits per heavy atom. The van der Waals surface area contributed by atoms with Gasteiger partial charge >= 0.3 is 0 Å². The van der Waals surface area contributed by atoms with Crippen molar-refractivity contribution in [2.45, 2.75) is 6.54 Å². The molecule has 0 amide bonds. The van der Waals surface area contributed by atoms with Gasteiger partial charge in [-0.25, -0.2) is 4.39 Å². The van der Waals surface area contributed by atoms with Gasteiger partial charge in [-0.3, -0.25) is 9.78 Å². The molecule has 92 valence electrons. The van der Waals surface area contributed by atoms with Crippen LogP contribution in [-0.2, 0) is 6.54 Å². The number of hydrogen-bond donors (Lipinski definition) is 0. The van der Waals surface area contributed by atoms with Crippen LogP contribution < -0.4 is 4.90 Å². The summed E-state index contributed by atoms with van der Waals surface area (Å²) in [6, 6.07) is 8.08. The number of aromatic nitrogens is 1. The molecule has 1 aromatic heterocycles. The average molecular weight is 244 g/mol. The standard InChI is InChI=1S/C14H13FN2O/c1-17(9-11-3-2-4-16-8-11)14-6-12(10-18)5-13(15)7-14/h2-8,10H,9H2,1H3. The number of pyridine rings is 1. The van der Waals surface area contributed by atoms with Gasteiger partial charge in [0.15, 0.2) is 0 Å². The molecule has 0 aliphatic carbocycles. The number of benzene rings is 1. The van der Waals surface area contributed by atoms with E-state index < -0.39 is 5.82 Å². The summed E-state index contributed by atoms with van der Waals surface area (Å²) in [5, 5.41) is 0. The number of rotatable bonds is 4. The Labute approximate surface area is 105 Å². The molecular formula is C14H13FN2O. The van der Waals surface area contributed by atoms with Crippen LogP contribution in [0, 0.1) is 5.82 Å². The molecule has 2 aromatic rings. The number of aldehydes is 1. The van der Waals surface area contributed by atoms with E-state index in [0.717, 1.165) is 5.56 Å². The number of hydrogen-bond acceptors (Lipinski definition) is 3. The normalized spacial score (nSPS) is 10.1. The summed E-state index contributed by atoms with van der Waals surface area (Å²) in [7, 11) is 1.84. The van der Waals surface area contributed by atoms with Crippen molar-refractivity contribution in [3.8, 4) is 0 Å². The summed E-state index contributed by atoms with van der Waals surface area (Å²) in [5.41, 5.74) is 2.03. The van der Waals surface area contributed by atoms with Gasteiger partial charge in [-0.2, -0.15) is 0 Å². The van der Waals surface area contributed by atoms with Crippen LogP contribution in [0.15, 0.2) is 42.7 Å². The number of carbonyl (C=O) groups excluding carboxylic acids is 1. The molecule has 0 aliphatic heterocycles. The summed E-state index contributed by atoms with van der Waals surface area (Å²) < 4.78 is 13.3. The maximum absolute atomic E-state index is 13.3. The van der Waals surface area contributed by atoms with E-state index in [1.54, 1.807) is 18.5 Å². The zero-order valence-electron chi connectivity index (χ0n) is 10.0. The lowest BCUT2D eigenvalue weighted by atomic mass is 10.2. The van der Waals surface area contributed by atoms with Crippen LogP contribution >= 0.6 is 0 Å². The minimum absolute atomic E-state index is 0.336. The molecular weight excluding hydrogens is 231 g/mol. The van der Waals surface area contributed by atoms with Crippen LogP contribution in [0.4, 0.5) is 10.1 Å². The summed E-state index contributed by atoms with van der Waals surface area (Å²) in [5.74, 6) is -0.410. The topological polar surface area (TPSA) is 33.2 Å². The third-order valence-electron chi connectivity index (χ3n) is 2.62. The molecule has 0 saturated carbocycles. The fourth-order valence-electron chi connectivity index (χ4n) is 1.74. The minimum atomic E-state index is -0.410. The predicted molar refractivity (Wildman–Crippen MR) is 68.1 cm³/mol. The summed E-state index contributed by atoms with van der Waals surface area (Å²) in [6.45, 7) is 0.607. The van der Waals surface area contributed by atoms with Crippen LogP contribution in [0.25, 0.3) is 0 Å². The average Bonchev–Trinajstić information content (AvgIpc) is 2.39. The lowest BCUT2D eigenvalue weighted by molar-refractivity contribution is 0.112. The van der Waals surface area contributed by atoms with Crippen molar-refractivity contribution in [1.29, 1.82) is 0 Å². The van der Waals surface area contributed by atoms with Crippen LogP contribution in [0.3, 0.4) is 0 Å². The second-order valence-electron chi connectivity index (χ2n) is 4.08. The SMILES string of the molecule is CN(Cc1cccnc1)c1cc(F)cc(C=O)c1. The van der Waals surface area contributed by atoms with Gasteiger partial charge in [0.2, 0.25) is 0 Å². The molecule has 4 heteroatoms. The van der Waals surface area contributed by atoms with E-state index in [1.807, 2.05) is 24.1 Å². The maximum atomic E-state index is 13.3. The lowest BCUT2D eigenvalue weighted by Gasteiger charge is -2.19. The van der Waals surface area contributed by atoms with Crippen molar-refractivity contribution in [3.63, 3.8) is 0 Å². The third kappa shape index (κ3) is 2.91. The zero-order valence-corrected chi connectivity index (χ0v) is 10.0. The summed E-state index contributed by atoms with van der Waals surface area (Å²) in [4.78, 5) is 16.6. The molecule has 1 heterocycles. The van der Waals surface area contributed by atoms with Crippen LogP contribution in [0.2, 0.25) is 0 Å². The van der Waals surface area contributed by atoms with Crippen molar-refractivity contribution in [3.05, 3.63) is 59.7 Å². The molecule has 0 saturated heterocycles. The minimum Gasteiger partial charge on any atom is -0.370 e. The van der Waals surface area contributed by atoms with Crippen molar-refractivity contribution < 1.29 is 9.18 Å². The molecule has 3 nitrogen and oxygen atoms in total. The Morgan fingerprint density at radius 1 is 1.39 bits per heavy atom. The van der Waals surface area contributed by atoms with Crippen molar-refractivity contribution in [1.82, 2.24) is 4.98 Å². The van der Waals surface area contributed by atoms with Gasteiger partial charge in [0.05, 0.1) is 0 Å². The monoisotopic (exact) mass is 244 g/mol. The zero-order chi connectivity index (χ0) is 13.0. The van der Waals surface area contributed by atoms with Gasteiger partial charge in [-0.05, 0) is 29.8 Å². The Balaban J connectivity index is 2.21. The van der Waals surface area contributed by atoms with E-state index in [-0.39, 0.29) is 0 Å². The molecule has 0 spiro atoms. The molecule has 0 atom stereocenters. The van der Waals surface area contributed by atoms with E-state index in [0.29, 0.717) is 24.1 Å². The van der Waals surface area contributed by atoms with E-state index in [4.69, 9.17) is 0 Å². The van der Waals surface area contributed by atoms with Crippen LogP contribution in [0.5, 0.6) is 0 Å². The Hall–Kier alpha value is -2.23. The summed E-state index contributed by atoms with van der Waals surface area (Å²) >= 11 is 0. The molecule has 18 heavy (non-hydrogen) atoms. The molecule has 0 radical (unpaired) electrons. The summed E-state index contributed by atoms with van der Waals surface area (Å²) in [6.07, 6.45) is 4.11. The fourth-order valence-corrected chi connectivity index (χ4v) is 1.74. The highest BCUT2D eigenvalue weighted by Crippen LogP contribution is 2.18. The largest absolute Gasteiger partial charge is 0.370 e. The molecule has 0 unspecified atom stereocenters. The van der Waals surface area contributed by atoms with Crippen LogP contribution in [-0.4, -0.2) is 18.3 Å². The Morgan fingerprint density at radius 3 is 2.89 bits per heavy atom. The predicted octanol–water partition coefficient (Wildman–Crippen LogP) is 2.67. The highest BCUT2D eigenvalue weighted by Gasteiger charge is 2.06. The van der Waals surface area contributed by atoms with E-state index in [9.17, 15) is 9.18 Å². The van der Waals surface area contributed by atoms with Gasteiger partial charge in [0.25, 0.3) is 0 Å². The van der Waals surface area contributed by atoms with E-state index in [2.05, 4.69) is 4.98 Å². The molecule has 0 aliphatic rings. The Kier molecular flexibility index (Phi) is 3.67. The molecule has 0 bridgehead atoms. The molecule has 0 fully saturated rings. The first-order valence-electron chi connectivity index (χ1n) is 5.55. The van der Waals surface area contributed by atoms with E-state index in [1.165, 1.54) is 12.1 Å². The number of carbonyl (C=O) groups is 1. The van der Waals surface area contributed by atoms with Gasteiger partial charge in [0, 0.05) is 37.2 Å². The second-order valence-corrected chi connectivity index (χ2v) is 4.08. The van der Waals surface area contributed by atoms with Crippen molar-refractivity contribution in [2.24, 2.45) is 0 Å². The quantitative estimate of drug-likeness (QED) is 0.775. The van der Waals surface area contributed by atoms with Gasteiger partial charge in [-0.1, -0.05) is 6.07 Å². The van der Waals surface area contributed by atoms with E-state index >= 15 is 0 Å². The first-order chi connectivity index (χ1) is 8.69. The first kappa shape index (κ1) is 12.2. The van der Waals surface area contributed by atoms with Gasteiger partial charge < -0.3 is 4.90 Å². The number of halogens is 1. The number of nitrogens with zero attached hydrogens (tertiary/aromatic N) is 2. The molecule has 2 rings (SSSR count). The second kappa shape index (κ2) is 5.40. The highest BCUT2D eigenvalue weighted by molar-refractivity contribution is 5.77. The highest BCUT2D eigenvalue weighted by atomic mass is 19.1. The van der Waals surface area contributed by atoms with Gasteiger partial charge in [0.1, 0.15) is 12.1 Å². The third-order valence-corrected chi connectivity index (χ3v) is 2.62. The number of anilines is 1. The van der Waals surface area contributed by atoms with Crippen molar-refractivity contribution >= 4 is 12.0 Å². The van der Waals surface area contributed by atoms with Crippen LogP contribution in [0.1, 0.15) is 15.9 Å². The Bertz CT molecular complexity index is 543. The molecule has 1 aromatic carbocycles. The maximum Gasteiger partial charge on any atom is 0.150 e. The van der Waals surface area contributed by atoms with Crippen molar-refractivity contribution in [2.75, 3.05) is 11.9 Å². The molecule has 0 N–H and O–H groups in total. The first-order valence-corrected chi connectivity index (χ1v) is 5.55. The van der Waals surface area contributed by atoms with Gasteiger partial charge in [-0.15, -0.1) is 0 Å².